The fraction of sp³-hybridized carbons (Fsp3) is 0.267. The average molecular weight is 302 g/mol. The molecule has 1 aliphatic rings. The van der Waals surface area contributed by atoms with Crippen molar-refractivity contribution in [3.63, 3.8) is 0 Å². The third-order valence-electron chi connectivity index (χ3n) is 3.56. The molecule has 108 valence electrons. The molecule has 1 saturated carbocycles. The van der Waals surface area contributed by atoms with Gasteiger partial charge in [-0.3, -0.25) is 14.9 Å². The van der Waals surface area contributed by atoms with E-state index in [0.29, 0.717) is 12.3 Å². The Morgan fingerprint density at radius 2 is 2.19 bits per heavy atom. The summed E-state index contributed by atoms with van der Waals surface area (Å²) in [6.07, 6.45) is 2.80. The predicted molar refractivity (Wildman–Crippen MR) is 82.0 cm³/mol. The van der Waals surface area contributed by atoms with Gasteiger partial charge in [-0.2, -0.15) is 0 Å². The van der Waals surface area contributed by atoms with Crippen LogP contribution in [0, 0.1) is 10.1 Å². The fourth-order valence-corrected chi connectivity index (χ4v) is 3.07. The van der Waals surface area contributed by atoms with E-state index >= 15 is 0 Å². The Balaban J connectivity index is 1.92. The monoisotopic (exact) mass is 302 g/mol. The van der Waals surface area contributed by atoms with Crippen molar-refractivity contribution in [3.05, 3.63) is 56.3 Å². The molecule has 0 saturated heterocycles. The van der Waals surface area contributed by atoms with Crippen molar-refractivity contribution in [2.45, 2.75) is 25.4 Å². The zero-order chi connectivity index (χ0) is 14.8. The van der Waals surface area contributed by atoms with Gasteiger partial charge in [0.2, 0.25) is 0 Å². The lowest BCUT2D eigenvalue weighted by molar-refractivity contribution is -0.385. The van der Waals surface area contributed by atoms with E-state index < -0.39 is 4.92 Å². The number of aldehydes is 1. The number of carbonyl (C=O) groups excluding carboxylic acids is 1. The molecule has 0 unspecified atom stereocenters. The zero-order valence-electron chi connectivity index (χ0n) is 11.3. The third-order valence-corrected chi connectivity index (χ3v) is 4.42. The van der Waals surface area contributed by atoms with Crippen LogP contribution in [0.25, 0.3) is 0 Å². The highest BCUT2D eigenvalue weighted by Crippen LogP contribution is 2.35. The first-order valence-corrected chi connectivity index (χ1v) is 7.59. The van der Waals surface area contributed by atoms with Crippen molar-refractivity contribution in [2.24, 2.45) is 0 Å². The smallest absolute Gasteiger partial charge is 0.280 e. The molecule has 0 radical (unpaired) electrons. The van der Waals surface area contributed by atoms with Crippen molar-refractivity contribution < 1.29 is 9.72 Å². The molecule has 1 aromatic heterocycles. The molecule has 0 N–H and O–H groups in total. The molecule has 6 heteroatoms. The van der Waals surface area contributed by atoms with Crippen LogP contribution in [-0.4, -0.2) is 17.3 Å². The highest BCUT2D eigenvalue weighted by molar-refractivity contribution is 7.09. The van der Waals surface area contributed by atoms with Gasteiger partial charge in [0.25, 0.3) is 5.69 Å². The number of carbonyl (C=O) groups is 1. The first kappa shape index (κ1) is 13.8. The molecule has 3 rings (SSSR count). The number of thiophene rings is 1. The number of hydrogen-bond donors (Lipinski definition) is 0. The topological polar surface area (TPSA) is 63.5 Å². The highest BCUT2D eigenvalue weighted by Gasteiger charge is 2.30. The zero-order valence-corrected chi connectivity index (χ0v) is 12.1. The Morgan fingerprint density at radius 3 is 2.76 bits per heavy atom. The van der Waals surface area contributed by atoms with Gasteiger partial charge in [-0.25, -0.2) is 0 Å². The minimum absolute atomic E-state index is 0.134. The molecule has 0 bridgehead atoms. The number of hydrogen-bond acceptors (Lipinski definition) is 5. The maximum atomic E-state index is 11.1. The minimum atomic E-state index is -0.520. The average Bonchev–Trinajstić information content (AvgIpc) is 3.20. The second-order valence-electron chi connectivity index (χ2n) is 5.06. The van der Waals surface area contributed by atoms with E-state index in [2.05, 4.69) is 11.0 Å². The predicted octanol–water partition coefficient (Wildman–Crippen LogP) is 3.64. The summed E-state index contributed by atoms with van der Waals surface area (Å²) in [5.41, 5.74) is 0.869. The number of nitrogens with zero attached hydrogens (tertiary/aromatic N) is 2. The normalized spacial score (nSPS) is 13.9. The van der Waals surface area contributed by atoms with E-state index in [4.69, 9.17) is 0 Å². The Kier molecular flexibility index (Phi) is 3.70. The van der Waals surface area contributed by atoms with E-state index in [1.807, 2.05) is 11.4 Å². The van der Waals surface area contributed by atoms with Crippen molar-refractivity contribution >= 4 is 29.0 Å². The first-order chi connectivity index (χ1) is 10.2. The van der Waals surface area contributed by atoms with Gasteiger partial charge in [-0.15, -0.1) is 11.3 Å². The molecule has 1 heterocycles. The molecule has 0 aliphatic heterocycles. The van der Waals surface area contributed by atoms with Crippen LogP contribution in [0.1, 0.15) is 28.1 Å². The van der Waals surface area contributed by atoms with Crippen molar-refractivity contribution in [2.75, 3.05) is 4.90 Å². The number of benzene rings is 1. The number of nitro benzene ring substituents is 1. The standard InChI is InChI=1S/C15H14N2O3S/c18-10-11-8-13(5-6-15(11)17(19)20)16(12-3-4-12)9-14-2-1-7-21-14/h1-2,5-8,10,12H,3-4,9H2. The van der Waals surface area contributed by atoms with Crippen LogP contribution in [0.4, 0.5) is 11.4 Å². The molecule has 1 fully saturated rings. The molecule has 1 aliphatic carbocycles. The van der Waals surface area contributed by atoms with Crippen LogP contribution in [0.15, 0.2) is 35.7 Å². The summed E-state index contributed by atoms with van der Waals surface area (Å²) in [4.78, 5) is 24.9. The van der Waals surface area contributed by atoms with Crippen LogP contribution in [0.2, 0.25) is 0 Å². The van der Waals surface area contributed by atoms with Gasteiger partial charge in [0, 0.05) is 22.7 Å². The number of anilines is 1. The minimum Gasteiger partial charge on any atom is -0.363 e. The highest BCUT2D eigenvalue weighted by atomic mass is 32.1. The van der Waals surface area contributed by atoms with E-state index in [0.717, 1.165) is 25.1 Å². The maximum Gasteiger partial charge on any atom is 0.280 e. The van der Waals surface area contributed by atoms with Crippen LogP contribution in [-0.2, 0) is 6.54 Å². The Bertz CT molecular complexity index is 666. The van der Waals surface area contributed by atoms with Gasteiger partial charge in [0.15, 0.2) is 6.29 Å². The SMILES string of the molecule is O=Cc1cc(N(Cc2cccs2)C2CC2)ccc1[N+](=O)[O-]. The van der Waals surface area contributed by atoms with Crippen LogP contribution in [0.5, 0.6) is 0 Å². The molecular weight excluding hydrogens is 288 g/mol. The molecule has 5 nitrogen and oxygen atoms in total. The van der Waals surface area contributed by atoms with E-state index in [1.165, 1.54) is 10.9 Å². The number of nitro groups is 1. The molecule has 1 aromatic carbocycles. The largest absolute Gasteiger partial charge is 0.363 e. The second-order valence-corrected chi connectivity index (χ2v) is 6.09. The molecule has 0 spiro atoms. The lowest BCUT2D eigenvalue weighted by Crippen LogP contribution is -2.24. The first-order valence-electron chi connectivity index (χ1n) is 6.71. The maximum absolute atomic E-state index is 11.1. The summed E-state index contributed by atoms with van der Waals surface area (Å²) in [5.74, 6) is 0. The fourth-order valence-electron chi connectivity index (χ4n) is 2.37. The Morgan fingerprint density at radius 1 is 1.38 bits per heavy atom. The van der Waals surface area contributed by atoms with Gasteiger partial charge in [-0.1, -0.05) is 6.07 Å². The third kappa shape index (κ3) is 2.95. The van der Waals surface area contributed by atoms with Crippen LogP contribution < -0.4 is 4.90 Å². The summed E-state index contributed by atoms with van der Waals surface area (Å²) in [5, 5.41) is 12.9. The lowest BCUT2D eigenvalue weighted by atomic mass is 10.1. The summed E-state index contributed by atoms with van der Waals surface area (Å²) in [6, 6.07) is 9.33. The van der Waals surface area contributed by atoms with Crippen molar-refractivity contribution in [3.8, 4) is 0 Å². The van der Waals surface area contributed by atoms with Crippen LogP contribution >= 0.6 is 11.3 Å². The Labute approximate surface area is 126 Å². The van der Waals surface area contributed by atoms with E-state index in [-0.39, 0.29) is 11.3 Å². The molecule has 21 heavy (non-hydrogen) atoms. The van der Waals surface area contributed by atoms with Crippen LogP contribution in [0.3, 0.4) is 0 Å². The summed E-state index contributed by atoms with van der Waals surface area (Å²) < 4.78 is 0. The van der Waals surface area contributed by atoms with Gasteiger partial charge in [0.05, 0.1) is 17.0 Å². The van der Waals surface area contributed by atoms with Crippen molar-refractivity contribution in [1.82, 2.24) is 0 Å². The molecular formula is C15H14N2O3S. The quantitative estimate of drug-likeness (QED) is 0.464. The lowest BCUT2D eigenvalue weighted by Gasteiger charge is -2.24. The van der Waals surface area contributed by atoms with E-state index in [1.54, 1.807) is 23.5 Å². The number of rotatable bonds is 6. The van der Waals surface area contributed by atoms with Gasteiger partial charge in [0.1, 0.15) is 0 Å². The summed E-state index contributed by atoms with van der Waals surface area (Å²) in [7, 11) is 0. The summed E-state index contributed by atoms with van der Waals surface area (Å²) in [6.45, 7) is 0.776. The van der Waals surface area contributed by atoms with Gasteiger partial charge in [-0.05, 0) is 36.4 Å². The Hall–Kier alpha value is -2.21. The van der Waals surface area contributed by atoms with Crippen molar-refractivity contribution in [1.29, 1.82) is 0 Å². The van der Waals surface area contributed by atoms with Gasteiger partial charge < -0.3 is 4.90 Å². The molecule has 0 amide bonds. The van der Waals surface area contributed by atoms with E-state index in [9.17, 15) is 14.9 Å². The molecule has 2 aromatic rings. The summed E-state index contributed by atoms with van der Waals surface area (Å²) >= 11 is 1.69. The second kappa shape index (κ2) is 5.65. The molecule has 0 atom stereocenters. The van der Waals surface area contributed by atoms with Gasteiger partial charge >= 0.3 is 0 Å².